The molecule has 0 amide bonds. The van der Waals surface area contributed by atoms with E-state index in [-0.39, 0.29) is 0 Å². The summed E-state index contributed by atoms with van der Waals surface area (Å²) < 4.78 is 0. The first kappa shape index (κ1) is 9.75. The summed E-state index contributed by atoms with van der Waals surface area (Å²) in [5.41, 5.74) is 1.34. The van der Waals surface area contributed by atoms with Crippen LogP contribution in [0.3, 0.4) is 0 Å². The smallest absolute Gasteiger partial charge is 0.0406 e. The molecule has 0 aromatic heterocycles. The molecule has 0 atom stereocenters. The predicted octanol–water partition coefficient (Wildman–Crippen LogP) is 3.10. The minimum absolute atomic E-state index is 0.812. The summed E-state index contributed by atoms with van der Waals surface area (Å²) >= 11 is 5.83. The van der Waals surface area contributed by atoms with Crippen molar-refractivity contribution in [1.82, 2.24) is 4.90 Å². The molecule has 0 bridgehead atoms. The highest BCUT2D eigenvalue weighted by Gasteiger charge is 2.05. The molecule has 0 aliphatic carbocycles. The van der Waals surface area contributed by atoms with E-state index in [1.807, 2.05) is 12.1 Å². The Morgan fingerprint density at radius 1 is 1.14 bits per heavy atom. The Labute approximate surface area is 90.0 Å². The fourth-order valence-corrected chi connectivity index (χ4v) is 1.81. The van der Waals surface area contributed by atoms with Gasteiger partial charge < -0.3 is 0 Å². The third kappa shape index (κ3) is 2.60. The largest absolute Gasteiger partial charge is 0.295 e. The lowest BCUT2D eigenvalue weighted by atomic mass is 10.2. The maximum Gasteiger partial charge on any atom is 0.0406 e. The van der Waals surface area contributed by atoms with E-state index in [0.717, 1.165) is 18.1 Å². The highest BCUT2D eigenvalue weighted by Crippen LogP contribution is 2.12. The lowest BCUT2D eigenvalue weighted by molar-refractivity contribution is 0.291. The van der Waals surface area contributed by atoms with E-state index in [2.05, 4.69) is 29.2 Å². The van der Waals surface area contributed by atoms with E-state index in [1.165, 1.54) is 18.5 Å². The Morgan fingerprint density at radius 2 is 1.93 bits per heavy atom. The molecule has 0 saturated heterocycles. The quantitative estimate of drug-likeness (QED) is 0.674. The van der Waals surface area contributed by atoms with Crippen molar-refractivity contribution in [2.75, 3.05) is 13.1 Å². The zero-order valence-electron chi connectivity index (χ0n) is 8.12. The van der Waals surface area contributed by atoms with Crippen LogP contribution in [0.25, 0.3) is 0 Å². The number of hydrogen-bond donors (Lipinski definition) is 0. The van der Waals surface area contributed by atoms with E-state index in [4.69, 9.17) is 11.6 Å². The monoisotopic (exact) mass is 207 g/mol. The molecule has 1 aromatic carbocycles. The Bertz CT molecular complexity index is 316. The van der Waals surface area contributed by atoms with Crippen molar-refractivity contribution in [2.24, 2.45) is 0 Å². The van der Waals surface area contributed by atoms with Gasteiger partial charge in [0.2, 0.25) is 0 Å². The summed E-state index contributed by atoms with van der Waals surface area (Å²) in [5.74, 6) is 0. The molecule has 2 rings (SSSR count). The van der Waals surface area contributed by atoms with Gasteiger partial charge in [0, 0.05) is 24.7 Å². The second-order valence-electron chi connectivity index (χ2n) is 3.62. The maximum absolute atomic E-state index is 5.83. The minimum Gasteiger partial charge on any atom is -0.295 e. The van der Waals surface area contributed by atoms with Gasteiger partial charge in [-0.05, 0) is 24.1 Å². The number of hydrogen-bond acceptors (Lipinski definition) is 1. The molecule has 0 radical (unpaired) electrons. The number of rotatable bonds is 2. The molecule has 74 valence electrons. The fourth-order valence-electron chi connectivity index (χ4n) is 1.68. The standard InChI is InChI=1S/C12H14ClN/c13-12-6-4-11(5-7-12)10-14-8-2-1-3-9-14/h1-2,4-7H,3,8-10H2. The molecule has 0 saturated carbocycles. The average Bonchev–Trinajstić information content (AvgIpc) is 2.23. The molecule has 0 unspecified atom stereocenters. The molecule has 0 spiro atoms. The van der Waals surface area contributed by atoms with Crippen LogP contribution >= 0.6 is 11.6 Å². The van der Waals surface area contributed by atoms with Crippen LogP contribution in [-0.4, -0.2) is 18.0 Å². The van der Waals surface area contributed by atoms with Crippen LogP contribution in [0.2, 0.25) is 5.02 Å². The van der Waals surface area contributed by atoms with Gasteiger partial charge in [-0.25, -0.2) is 0 Å². The number of benzene rings is 1. The van der Waals surface area contributed by atoms with Crippen molar-refractivity contribution in [3.63, 3.8) is 0 Å². The summed E-state index contributed by atoms with van der Waals surface area (Å²) in [7, 11) is 0. The summed E-state index contributed by atoms with van der Waals surface area (Å²) in [5, 5.41) is 0.812. The average molecular weight is 208 g/mol. The molecule has 0 fully saturated rings. The van der Waals surface area contributed by atoms with E-state index >= 15 is 0 Å². The highest BCUT2D eigenvalue weighted by molar-refractivity contribution is 6.30. The molecular weight excluding hydrogens is 194 g/mol. The maximum atomic E-state index is 5.83. The SMILES string of the molecule is Clc1ccc(CN2CC=CCC2)cc1. The molecule has 1 heterocycles. The summed E-state index contributed by atoms with van der Waals surface area (Å²) in [6.45, 7) is 3.27. The summed E-state index contributed by atoms with van der Waals surface area (Å²) in [6.07, 6.45) is 5.66. The van der Waals surface area contributed by atoms with Crippen molar-refractivity contribution in [3.8, 4) is 0 Å². The predicted molar refractivity (Wildman–Crippen MR) is 60.5 cm³/mol. The lowest BCUT2D eigenvalue weighted by Crippen LogP contribution is -2.26. The van der Waals surface area contributed by atoms with Crippen LogP contribution in [0, 0.1) is 0 Å². The number of halogens is 1. The van der Waals surface area contributed by atoms with E-state index in [9.17, 15) is 0 Å². The number of nitrogens with zero attached hydrogens (tertiary/aromatic N) is 1. The first-order valence-corrected chi connectivity index (χ1v) is 5.34. The molecule has 14 heavy (non-hydrogen) atoms. The van der Waals surface area contributed by atoms with Crippen molar-refractivity contribution in [2.45, 2.75) is 13.0 Å². The van der Waals surface area contributed by atoms with E-state index < -0.39 is 0 Å². The normalized spacial score (nSPS) is 17.2. The molecule has 0 N–H and O–H groups in total. The van der Waals surface area contributed by atoms with Gasteiger partial charge in [0.15, 0.2) is 0 Å². The molecule has 2 heteroatoms. The Kier molecular flexibility index (Phi) is 3.22. The van der Waals surface area contributed by atoms with Gasteiger partial charge in [-0.2, -0.15) is 0 Å². The molecule has 1 aromatic rings. The van der Waals surface area contributed by atoms with E-state index in [0.29, 0.717) is 0 Å². The highest BCUT2D eigenvalue weighted by atomic mass is 35.5. The minimum atomic E-state index is 0.812. The van der Waals surface area contributed by atoms with Gasteiger partial charge in [0.05, 0.1) is 0 Å². The second kappa shape index (κ2) is 4.63. The van der Waals surface area contributed by atoms with Crippen LogP contribution in [0.1, 0.15) is 12.0 Å². The summed E-state index contributed by atoms with van der Waals surface area (Å²) in [6, 6.07) is 8.11. The van der Waals surface area contributed by atoms with Crippen LogP contribution < -0.4 is 0 Å². The first-order valence-electron chi connectivity index (χ1n) is 4.96. The first-order chi connectivity index (χ1) is 6.84. The summed E-state index contributed by atoms with van der Waals surface area (Å²) in [4.78, 5) is 2.43. The van der Waals surface area contributed by atoms with Gasteiger partial charge in [-0.15, -0.1) is 0 Å². The van der Waals surface area contributed by atoms with Gasteiger partial charge >= 0.3 is 0 Å². The van der Waals surface area contributed by atoms with Crippen LogP contribution in [0.4, 0.5) is 0 Å². The Morgan fingerprint density at radius 3 is 2.57 bits per heavy atom. The van der Waals surface area contributed by atoms with Crippen molar-refractivity contribution >= 4 is 11.6 Å². The molecule has 1 aliphatic rings. The molecule has 1 nitrogen and oxygen atoms in total. The van der Waals surface area contributed by atoms with Gasteiger partial charge in [0.1, 0.15) is 0 Å². The van der Waals surface area contributed by atoms with E-state index in [1.54, 1.807) is 0 Å². The van der Waals surface area contributed by atoms with Gasteiger partial charge in [0.25, 0.3) is 0 Å². The van der Waals surface area contributed by atoms with Crippen molar-refractivity contribution in [1.29, 1.82) is 0 Å². The molecule has 1 aliphatic heterocycles. The van der Waals surface area contributed by atoms with Gasteiger partial charge in [-0.3, -0.25) is 4.90 Å². The zero-order chi connectivity index (χ0) is 9.80. The Hall–Kier alpha value is -0.790. The third-order valence-corrected chi connectivity index (χ3v) is 2.71. The van der Waals surface area contributed by atoms with Crippen LogP contribution in [0.5, 0.6) is 0 Å². The van der Waals surface area contributed by atoms with Crippen molar-refractivity contribution in [3.05, 3.63) is 47.0 Å². The van der Waals surface area contributed by atoms with Crippen LogP contribution in [-0.2, 0) is 6.54 Å². The lowest BCUT2D eigenvalue weighted by Gasteiger charge is -2.22. The zero-order valence-corrected chi connectivity index (χ0v) is 8.87. The topological polar surface area (TPSA) is 3.24 Å². The Balaban J connectivity index is 1.96. The third-order valence-electron chi connectivity index (χ3n) is 2.46. The van der Waals surface area contributed by atoms with Crippen molar-refractivity contribution < 1.29 is 0 Å². The second-order valence-corrected chi connectivity index (χ2v) is 4.06. The van der Waals surface area contributed by atoms with Crippen LogP contribution in [0.15, 0.2) is 36.4 Å². The van der Waals surface area contributed by atoms with Gasteiger partial charge in [-0.1, -0.05) is 35.9 Å². The molecular formula is C12H14ClN. The fraction of sp³-hybridized carbons (Fsp3) is 0.333.